The van der Waals surface area contributed by atoms with Crippen molar-refractivity contribution in [2.24, 2.45) is 0 Å². The molecule has 0 aliphatic rings. The maximum atomic E-state index is 12.5. The molecule has 0 heterocycles. The van der Waals surface area contributed by atoms with E-state index in [9.17, 15) is 19.4 Å². The molecule has 39 heavy (non-hydrogen) atoms. The lowest BCUT2D eigenvalue weighted by molar-refractivity contribution is -0.870. The number of allylic oxidation sites excluding steroid dienone is 1. The molecule has 232 valence electrons. The maximum absolute atomic E-state index is 12.5. The molecule has 0 aliphatic carbocycles. The Morgan fingerprint density at radius 3 is 1.90 bits per heavy atom. The lowest BCUT2D eigenvalue weighted by Gasteiger charge is -2.25. The zero-order valence-electron chi connectivity index (χ0n) is 25.9. The molecule has 0 aromatic rings. The topological polar surface area (TPSA) is 105 Å². The van der Waals surface area contributed by atoms with E-state index in [4.69, 9.17) is 9.05 Å². The number of carbonyl (C=O) groups excluding carboxylic acids is 1. The van der Waals surface area contributed by atoms with Crippen LogP contribution in [0.2, 0.25) is 0 Å². The van der Waals surface area contributed by atoms with Crippen LogP contribution in [0.1, 0.15) is 123 Å². The van der Waals surface area contributed by atoms with Crippen molar-refractivity contribution in [2.75, 3.05) is 40.9 Å². The molecule has 0 aromatic heterocycles. The van der Waals surface area contributed by atoms with Crippen molar-refractivity contribution in [3.8, 4) is 0 Å². The Kier molecular flexibility index (Phi) is 23.4. The number of rotatable bonds is 27. The van der Waals surface area contributed by atoms with Crippen molar-refractivity contribution in [1.29, 1.82) is 0 Å². The van der Waals surface area contributed by atoms with Crippen LogP contribution >= 0.6 is 7.82 Å². The highest BCUT2D eigenvalue weighted by atomic mass is 31.2. The largest absolute Gasteiger partial charge is 0.472 e. The van der Waals surface area contributed by atoms with E-state index in [2.05, 4.69) is 19.2 Å². The number of nitrogens with one attached hydrogen (secondary N) is 1. The van der Waals surface area contributed by atoms with Crippen LogP contribution in [0, 0.1) is 0 Å². The van der Waals surface area contributed by atoms with E-state index in [-0.39, 0.29) is 19.1 Å². The van der Waals surface area contributed by atoms with Gasteiger partial charge in [0.05, 0.1) is 39.9 Å². The Labute approximate surface area is 240 Å². The molecule has 3 unspecified atom stereocenters. The summed E-state index contributed by atoms with van der Waals surface area (Å²) in [5.74, 6) is -0.191. The minimum absolute atomic E-state index is 0.0630. The zero-order chi connectivity index (χ0) is 29.4. The van der Waals surface area contributed by atoms with Crippen LogP contribution in [0.25, 0.3) is 0 Å². The molecule has 0 fully saturated rings. The third-order valence-corrected chi connectivity index (χ3v) is 7.74. The first-order valence-corrected chi connectivity index (χ1v) is 17.1. The molecular formula is C30H62N2O6P+. The van der Waals surface area contributed by atoms with Gasteiger partial charge in [-0.25, -0.2) is 4.57 Å². The Morgan fingerprint density at radius 1 is 0.846 bits per heavy atom. The molecule has 9 heteroatoms. The summed E-state index contributed by atoms with van der Waals surface area (Å²) in [5, 5.41) is 13.6. The quantitative estimate of drug-likeness (QED) is 0.0425. The molecule has 1 amide bonds. The van der Waals surface area contributed by atoms with Crippen molar-refractivity contribution in [3.63, 3.8) is 0 Å². The molecule has 3 atom stereocenters. The van der Waals surface area contributed by atoms with Crippen LogP contribution in [0.3, 0.4) is 0 Å². The van der Waals surface area contributed by atoms with Gasteiger partial charge in [-0.1, -0.05) is 109 Å². The molecule has 0 aliphatic heterocycles. The summed E-state index contributed by atoms with van der Waals surface area (Å²) in [6.07, 6.45) is 21.5. The minimum Gasteiger partial charge on any atom is -0.387 e. The van der Waals surface area contributed by atoms with Gasteiger partial charge < -0.3 is 19.8 Å². The number of aliphatic hydroxyl groups is 1. The molecule has 8 nitrogen and oxygen atoms in total. The van der Waals surface area contributed by atoms with Gasteiger partial charge in [0, 0.05) is 6.42 Å². The standard InChI is InChI=1S/C30H61N2O6P/c1-6-8-10-12-14-15-16-17-18-19-21-23-29(33)28(31-30(34)24-22-20-13-11-9-7-2)27-38-39(35,36)37-26-25-32(3,4)5/h21,23,28-29,33H,6-20,22,24-27H2,1-5H3,(H-,31,34,35,36)/p+1/b23-21+. The van der Waals surface area contributed by atoms with Gasteiger partial charge in [-0.3, -0.25) is 13.8 Å². The Bertz CT molecular complexity index is 668. The number of unbranched alkanes of at least 4 members (excludes halogenated alkanes) is 14. The number of carbonyl (C=O) groups is 1. The Hall–Kier alpha value is -0.760. The van der Waals surface area contributed by atoms with Gasteiger partial charge in [0.15, 0.2) is 0 Å². The average molecular weight is 578 g/mol. The van der Waals surface area contributed by atoms with Gasteiger partial charge in [-0.05, 0) is 19.3 Å². The summed E-state index contributed by atoms with van der Waals surface area (Å²) >= 11 is 0. The fourth-order valence-corrected chi connectivity index (χ4v) is 4.89. The number of amides is 1. The molecule has 0 spiro atoms. The molecular weight excluding hydrogens is 515 g/mol. The SMILES string of the molecule is CCCCCCCCCCC/C=C/C(O)C(COP(=O)(O)OCC[N+](C)(C)C)NC(=O)CCCCCCCC. The monoisotopic (exact) mass is 577 g/mol. The minimum atomic E-state index is -4.31. The molecule has 0 saturated heterocycles. The van der Waals surface area contributed by atoms with Crippen LogP contribution in [0.15, 0.2) is 12.2 Å². The first kappa shape index (κ1) is 38.2. The van der Waals surface area contributed by atoms with E-state index in [1.165, 1.54) is 64.2 Å². The first-order chi connectivity index (χ1) is 18.5. The number of hydrogen-bond acceptors (Lipinski definition) is 5. The highest BCUT2D eigenvalue weighted by Crippen LogP contribution is 2.43. The molecule has 0 bridgehead atoms. The molecule has 0 aromatic carbocycles. The number of quaternary nitrogens is 1. The van der Waals surface area contributed by atoms with Gasteiger partial charge in [0.2, 0.25) is 5.91 Å². The number of nitrogens with zero attached hydrogens (tertiary/aromatic N) is 1. The van der Waals surface area contributed by atoms with Crippen molar-refractivity contribution in [2.45, 2.75) is 135 Å². The molecule has 3 N–H and O–H groups in total. The number of likely N-dealkylation sites (N-methyl/N-ethyl adjacent to an activating group) is 1. The Morgan fingerprint density at radius 2 is 1.36 bits per heavy atom. The number of aliphatic hydroxyl groups excluding tert-OH is 1. The summed E-state index contributed by atoms with van der Waals surface area (Å²) < 4.78 is 23.2. The van der Waals surface area contributed by atoms with E-state index >= 15 is 0 Å². The van der Waals surface area contributed by atoms with Crippen LogP contribution in [0.4, 0.5) is 0 Å². The van der Waals surface area contributed by atoms with E-state index in [0.29, 0.717) is 17.4 Å². The van der Waals surface area contributed by atoms with Crippen molar-refractivity contribution < 1.29 is 32.9 Å². The van der Waals surface area contributed by atoms with Gasteiger partial charge in [-0.2, -0.15) is 0 Å². The number of phosphoric ester groups is 1. The first-order valence-electron chi connectivity index (χ1n) is 15.6. The van der Waals surface area contributed by atoms with Crippen molar-refractivity contribution >= 4 is 13.7 Å². The average Bonchev–Trinajstić information content (AvgIpc) is 2.86. The van der Waals surface area contributed by atoms with Crippen LogP contribution in [0.5, 0.6) is 0 Å². The van der Waals surface area contributed by atoms with Crippen LogP contribution < -0.4 is 5.32 Å². The predicted octanol–water partition coefficient (Wildman–Crippen LogP) is 6.90. The number of phosphoric acid groups is 1. The summed E-state index contributed by atoms with van der Waals surface area (Å²) in [6, 6.07) is -0.834. The molecule has 0 rings (SSSR count). The van der Waals surface area contributed by atoms with E-state index < -0.39 is 20.0 Å². The van der Waals surface area contributed by atoms with Gasteiger partial charge in [-0.15, -0.1) is 0 Å². The second-order valence-electron chi connectivity index (χ2n) is 11.8. The summed E-state index contributed by atoms with van der Waals surface area (Å²) in [5.41, 5.74) is 0. The normalized spacial score (nSPS) is 15.4. The highest BCUT2D eigenvalue weighted by Gasteiger charge is 2.27. The second kappa shape index (κ2) is 23.9. The van der Waals surface area contributed by atoms with Crippen molar-refractivity contribution in [3.05, 3.63) is 12.2 Å². The van der Waals surface area contributed by atoms with Crippen molar-refractivity contribution in [1.82, 2.24) is 5.32 Å². The third kappa shape index (κ3) is 25.9. The van der Waals surface area contributed by atoms with E-state index in [0.717, 1.165) is 38.5 Å². The molecule has 0 saturated carbocycles. The summed E-state index contributed by atoms with van der Waals surface area (Å²) in [7, 11) is 1.57. The second-order valence-corrected chi connectivity index (χ2v) is 13.3. The summed E-state index contributed by atoms with van der Waals surface area (Å²) in [6.45, 7) is 4.69. The lowest BCUT2D eigenvalue weighted by atomic mass is 10.1. The number of hydrogen-bond donors (Lipinski definition) is 3. The van der Waals surface area contributed by atoms with Crippen LogP contribution in [-0.2, 0) is 18.4 Å². The fourth-order valence-electron chi connectivity index (χ4n) is 4.15. The smallest absolute Gasteiger partial charge is 0.387 e. The summed E-state index contributed by atoms with van der Waals surface area (Å²) in [4.78, 5) is 22.6. The molecule has 0 radical (unpaired) electrons. The Balaban J connectivity index is 4.66. The zero-order valence-corrected chi connectivity index (χ0v) is 26.8. The predicted molar refractivity (Wildman–Crippen MR) is 162 cm³/mol. The van der Waals surface area contributed by atoms with Gasteiger partial charge in [0.25, 0.3) is 0 Å². The maximum Gasteiger partial charge on any atom is 0.472 e. The highest BCUT2D eigenvalue weighted by molar-refractivity contribution is 7.47. The van der Waals surface area contributed by atoms with Gasteiger partial charge >= 0.3 is 7.82 Å². The van der Waals surface area contributed by atoms with E-state index in [1.807, 2.05) is 27.2 Å². The van der Waals surface area contributed by atoms with E-state index in [1.54, 1.807) is 6.08 Å². The van der Waals surface area contributed by atoms with Crippen LogP contribution in [-0.4, -0.2) is 73.4 Å². The third-order valence-electron chi connectivity index (χ3n) is 6.76. The lowest BCUT2D eigenvalue weighted by Crippen LogP contribution is -2.45. The van der Waals surface area contributed by atoms with Gasteiger partial charge in [0.1, 0.15) is 13.2 Å². The fraction of sp³-hybridized carbons (Fsp3) is 0.900.